The van der Waals surface area contributed by atoms with Crippen LogP contribution in [0.1, 0.15) is 45.4 Å². The highest BCUT2D eigenvalue weighted by Crippen LogP contribution is 2.32. The van der Waals surface area contributed by atoms with Gasteiger partial charge in [-0.3, -0.25) is 4.79 Å². The van der Waals surface area contributed by atoms with Crippen molar-refractivity contribution < 1.29 is 18.3 Å². The van der Waals surface area contributed by atoms with Crippen molar-refractivity contribution in [1.29, 1.82) is 0 Å². The van der Waals surface area contributed by atoms with Crippen LogP contribution in [0.3, 0.4) is 0 Å². The molecule has 0 aromatic heterocycles. The van der Waals surface area contributed by atoms with Gasteiger partial charge >= 0.3 is 5.97 Å². The average Bonchev–Trinajstić information content (AvgIpc) is 2.61. The fraction of sp³-hybridized carbons (Fsp3) is 0.450. The maximum Gasteiger partial charge on any atom is 0.324 e. The quantitative estimate of drug-likeness (QED) is 0.396. The lowest BCUT2D eigenvalue weighted by Gasteiger charge is -2.33. The molecule has 1 atom stereocenters. The van der Waals surface area contributed by atoms with E-state index in [1.165, 1.54) is 12.2 Å². The zero-order valence-electron chi connectivity index (χ0n) is 15.4. The van der Waals surface area contributed by atoms with Crippen LogP contribution >= 0.6 is 10.8 Å². The molecule has 0 radical (unpaired) electrons. The van der Waals surface area contributed by atoms with Gasteiger partial charge < -0.3 is 5.11 Å². The zero-order valence-corrected chi connectivity index (χ0v) is 17.0. The highest BCUT2D eigenvalue weighted by atomic mass is 33.1. The molecule has 146 valence electrons. The topological polar surface area (TPSA) is 83.5 Å². The van der Waals surface area contributed by atoms with Gasteiger partial charge in [-0.1, -0.05) is 68.9 Å². The first-order valence-electron chi connectivity index (χ1n) is 8.96. The molecule has 27 heavy (non-hydrogen) atoms. The molecule has 1 saturated carbocycles. The molecule has 1 fully saturated rings. The Bertz CT molecular complexity index is 835. The van der Waals surface area contributed by atoms with Crippen LogP contribution in [0.25, 0.3) is 0 Å². The predicted molar refractivity (Wildman–Crippen MR) is 110 cm³/mol. The Morgan fingerprint density at radius 2 is 2.11 bits per heavy atom. The first-order valence-corrected chi connectivity index (χ1v) is 11.8. The fourth-order valence-corrected chi connectivity index (χ4v) is 5.94. The van der Waals surface area contributed by atoms with E-state index in [9.17, 15) is 18.3 Å². The molecule has 5 nitrogen and oxygen atoms in total. The van der Waals surface area contributed by atoms with Crippen molar-refractivity contribution in [3.63, 3.8) is 0 Å². The van der Waals surface area contributed by atoms with Crippen LogP contribution in [-0.2, 0) is 13.8 Å². The van der Waals surface area contributed by atoms with E-state index in [0.717, 1.165) is 18.4 Å². The minimum absolute atomic E-state index is 0.293. The van der Waals surface area contributed by atoms with E-state index in [1.807, 2.05) is 12.2 Å². The van der Waals surface area contributed by atoms with Crippen molar-refractivity contribution in [3.8, 4) is 11.8 Å². The predicted octanol–water partition coefficient (Wildman–Crippen LogP) is 3.94. The number of rotatable bonds is 6. The molecule has 7 heteroatoms. The second kappa shape index (κ2) is 9.45. The molecule has 0 saturated heterocycles. The molecule has 1 unspecified atom stereocenters. The number of carbonyl (C=O) groups is 1. The summed E-state index contributed by atoms with van der Waals surface area (Å²) in [4.78, 5) is 12.0. The van der Waals surface area contributed by atoms with Crippen LogP contribution in [-0.4, -0.2) is 25.0 Å². The van der Waals surface area contributed by atoms with Gasteiger partial charge in [-0.15, -0.1) is 0 Å². The summed E-state index contributed by atoms with van der Waals surface area (Å²) in [7, 11) is -3.40. The van der Waals surface area contributed by atoms with Crippen molar-refractivity contribution in [3.05, 3.63) is 47.4 Å². The highest BCUT2D eigenvalue weighted by Gasteiger charge is 2.43. The third kappa shape index (κ3) is 6.42. The van der Waals surface area contributed by atoms with Gasteiger partial charge in [-0.25, -0.2) is 8.42 Å². The first kappa shape index (κ1) is 21.5. The molecule has 0 aliphatic heterocycles. The molecular formula is C20H25NO4S2. The Labute approximate surface area is 165 Å². The van der Waals surface area contributed by atoms with Crippen molar-refractivity contribution in [2.45, 2.75) is 51.0 Å². The number of allylic oxidation sites excluding steroid dienone is 7. The second-order valence-corrected chi connectivity index (χ2v) is 10.4. The maximum absolute atomic E-state index is 12.6. The Morgan fingerprint density at radius 3 is 2.67 bits per heavy atom. The molecule has 2 N–H and O–H groups in total. The Hall–Kier alpha value is -1.75. The summed E-state index contributed by atoms with van der Waals surface area (Å²) in [5, 5.41) is 9.57. The Kier molecular flexibility index (Phi) is 7.54. The molecule has 0 spiro atoms. The zero-order chi connectivity index (χ0) is 19.9. The van der Waals surface area contributed by atoms with Gasteiger partial charge in [0, 0.05) is 16.4 Å². The molecule has 0 amide bonds. The van der Waals surface area contributed by atoms with E-state index in [4.69, 9.17) is 0 Å². The highest BCUT2D eigenvalue weighted by molar-refractivity contribution is 8.73. The lowest BCUT2D eigenvalue weighted by Crippen LogP contribution is -2.54. The number of hydrogen-bond donors (Lipinski definition) is 2. The molecule has 0 bridgehead atoms. The summed E-state index contributed by atoms with van der Waals surface area (Å²) < 4.78 is 27.6. The molecule has 0 aromatic rings. The van der Waals surface area contributed by atoms with E-state index in [0.29, 0.717) is 47.3 Å². The van der Waals surface area contributed by atoms with E-state index in [2.05, 4.69) is 36.1 Å². The molecule has 0 heterocycles. The Morgan fingerprint density at radius 1 is 1.41 bits per heavy atom. The van der Waals surface area contributed by atoms with Crippen molar-refractivity contribution in [2.75, 3.05) is 0 Å². The SMILES string of the molecule is C=C/C=C(/C#CC1=CCC(C)C=C1)SS(=O)(=O)NC1(C(=O)O)CCCCC1. The van der Waals surface area contributed by atoms with Crippen LogP contribution < -0.4 is 4.72 Å². The number of aliphatic carboxylic acids is 1. The summed E-state index contributed by atoms with van der Waals surface area (Å²) >= 11 is 0. The van der Waals surface area contributed by atoms with Gasteiger partial charge in [0.2, 0.25) is 0 Å². The van der Waals surface area contributed by atoms with Crippen molar-refractivity contribution in [2.24, 2.45) is 5.92 Å². The first-order chi connectivity index (χ1) is 12.8. The minimum atomic E-state index is -3.94. The fourth-order valence-electron chi connectivity index (χ4n) is 3.04. The largest absolute Gasteiger partial charge is 0.480 e. The summed E-state index contributed by atoms with van der Waals surface area (Å²) in [6.45, 7) is 5.71. The van der Waals surface area contributed by atoms with E-state index < -0.39 is 20.6 Å². The molecular weight excluding hydrogens is 382 g/mol. The maximum atomic E-state index is 12.6. The van der Waals surface area contributed by atoms with Gasteiger partial charge in [0.05, 0.1) is 4.91 Å². The molecule has 2 aliphatic rings. The number of hydrogen-bond acceptors (Lipinski definition) is 4. The summed E-state index contributed by atoms with van der Waals surface area (Å²) in [5.41, 5.74) is -0.593. The van der Waals surface area contributed by atoms with Gasteiger partial charge in [-0.05, 0) is 31.3 Å². The van der Waals surface area contributed by atoms with Crippen LogP contribution in [0, 0.1) is 17.8 Å². The molecule has 2 rings (SSSR count). The monoisotopic (exact) mass is 407 g/mol. The Balaban J connectivity index is 2.15. The van der Waals surface area contributed by atoms with Crippen LogP contribution in [0.2, 0.25) is 0 Å². The number of carboxylic acid groups (broad SMARTS) is 1. The van der Waals surface area contributed by atoms with Crippen molar-refractivity contribution >= 4 is 25.8 Å². The van der Waals surface area contributed by atoms with E-state index >= 15 is 0 Å². The number of nitrogens with one attached hydrogen (secondary N) is 1. The molecule has 0 aromatic carbocycles. The summed E-state index contributed by atoms with van der Waals surface area (Å²) in [6.07, 6.45) is 12.8. The van der Waals surface area contributed by atoms with E-state index in [1.54, 1.807) is 0 Å². The minimum Gasteiger partial charge on any atom is -0.480 e. The van der Waals surface area contributed by atoms with Gasteiger partial charge in [0.15, 0.2) is 0 Å². The lowest BCUT2D eigenvalue weighted by atomic mass is 9.83. The standard InChI is InChI=1S/C20H25NO4S2/c1-3-7-18(13-12-17-10-8-16(2)9-11-17)26-27(24,25)21-20(19(22)23)14-5-4-6-15-20/h3,7-8,10-11,16,21H,1,4-6,9,14-15H2,2H3,(H,22,23)/b18-7-. The number of carboxylic acids is 1. The second-order valence-electron chi connectivity index (χ2n) is 6.84. The molecule has 2 aliphatic carbocycles. The smallest absolute Gasteiger partial charge is 0.324 e. The van der Waals surface area contributed by atoms with Crippen LogP contribution in [0.5, 0.6) is 0 Å². The summed E-state index contributed by atoms with van der Waals surface area (Å²) in [6, 6.07) is 0. The third-order valence-corrected chi connectivity index (χ3v) is 7.27. The third-order valence-electron chi connectivity index (χ3n) is 4.55. The lowest BCUT2D eigenvalue weighted by molar-refractivity contribution is -0.145. The van der Waals surface area contributed by atoms with Gasteiger partial charge in [-0.2, -0.15) is 4.72 Å². The normalized spacial score (nSPS) is 22.3. The van der Waals surface area contributed by atoms with Gasteiger partial charge in [0.25, 0.3) is 9.06 Å². The van der Waals surface area contributed by atoms with Crippen molar-refractivity contribution in [1.82, 2.24) is 4.72 Å². The van der Waals surface area contributed by atoms with Crippen LogP contribution in [0.15, 0.2) is 47.4 Å². The van der Waals surface area contributed by atoms with E-state index in [-0.39, 0.29) is 0 Å². The average molecular weight is 408 g/mol. The van der Waals surface area contributed by atoms with Crippen LogP contribution in [0.4, 0.5) is 0 Å². The van der Waals surface area contributed by atoms with Gasteiger partial charge in [0.1, 0.15) is 5.54 Å². The summed E-state index contributed by atoms with van der Waals surface area (Å²) in [5.74, 6) is 5.17.